The number of thioether (sulfide) groups is 1. The highest BCUT2D eigenvalue weighted by atomic mass is 32.2. The third kappa shape index (κ3) is 5.36. The molecule has 1 N–H and O–H groups in total. The Hall–Kier alpha value is -2.73. The summed E-state index contributed by atoms with van der Waals surface area (Å²) in [7, 11) is 0. The fraction of sp³-hybridized carbons (Fsp3) is 0.238. The molecule has 4 rings (SSSR count). The number of amides is 3. The molecule has 2 aliphatic rings. The van der Waals surface area contributed by atoms with Crippen LogP contribution in [-0.2, 0) is 14.3 Å². The van der Waals surface area contributed by atoms with Gasteiger partial charge >= 0.3 is 0 Å². The van der Waals surface area contributed by atoms with Gasteiger partial charge in [0.05, 0.1) is 23.0 Å². The summed E-state index contributed by atoms with van der Waals surface area (Å²) in [4.78, 5) is 39.7. The second kappa shape index (κ2) is 10.3. The highest BCUT2D eigenvalue weighted by Gasteiger charge is 2.33. The first-order valence-electron chi connectivity index (χ1n) is 9.72. The van der Waals surface area contributed by atoms with E-state index in [0.29, 0.717) is 41.8 Å². The number of benzene rings is 1. The molecule has 3 amide bonds. The van der Waals surface area contributed by atoms with Crippen LogP contribution in [0.15, 0.2) is 46.7 Å². The number of morpholine rings is 1. The summed E-state index contributed by atoms with van der Waals surface area (Å²) in [5.41, 5.74) is 3.31. The van der Waals surface area contributed by atoms with E-state index in [2.05, 4.69) is 5.43 Å². The number of ether oxygens (including phenoxy) is 2. The molecule has 2 aromatic rings. The lowest BCUT2D eigenvalue weighted by molar-refractivity contribution is -0.137. The molecule has 0 radical (unpaired) electrons. The fourth-order valence-corrected chi connectivity index (χ4v) is 4.78. The number of hydrazine groups is 1. The van der Waals surface area contributed by atoms with Gasteiger partial charge in [0.25, 0.3) is 17.7 Å². The molecule has 11 heteroatoms. The van der Waals surface area contributed by atoms with Gasteiger partial charge in [-0.2, -0.15) is 5.01 Å². The van der Waals surface area contributed by atoms with Gasteiger partial charge in [-0.25, -0.2) is 0 Å². The molecule has 0 bridgehead atoms. The summed E-state index contributed by atoms with van der Waals surface area (Å²) in [6, 6.07) is 10.5. The van der Waals surface area contributed by atoms with Gasteiger partial charge in [0.2, 0.25) is 0 Å². The van der Waals surface area contributed by atoms with Crippen molar-refractivity contribution in [2.45, 2.75) is 0 Å². The number of hydrogen-bond acceptors (Lipinski definition) is 8. The van der Waals surface area contributed by atoms with E-state index in [-0.39, 0.29) is 28.6 Å². The lowest BCUT2D eigenvalue weighted by Gasteiger charge is -2.26. The van der Waals surface area contributed by atoms with Crippen LogP contribution in [0.1, 0.15) is 15.2 Å². The highest BCUT2D eigenvalue weighted by Crippen LogP contribution is 2.31. The molecule has 166 valence electrons. The van der Waals surface area contributed by atoms with Gasteiger partial charge in [-0.05, 0) is 47.4 Å². The van der Waals surface area contributed by atoms with Crippen LogP contribution in [0.4, 0.5) is 0 Å². The first kappa shape index (κ1) is 22.5. The van der Waals surface area contributed by atoms with Crippen LogP contribution in [0.3, 0.4) is 0 Å². The van der Waals surface area contributed by atoms with Crippen LogP contribution >= 0.6 is 35.3 Å². The zero-order valence-corrected chi connectivity index (χ0v) is 19.3. The number of hydrogen-bond donors (Lipinski definition) is 1. The number of nitrogens with zero attached hydrogens (tertiary/aromatic N) is 2. The van der Waals surface area contributed by atoms with Gasteiger partial charge in [-0.15, -0.1) is 11.3 Å². The third-order valence-electron chi connectivity index (χ3n) is 4.66. The van der Waals surface area contributed by atoms with Crippen LogP contribution < -0.4 is 10.2 Å². The Morgan fingerprint density at radius 1 is 1.19 bits per heavy atom. The van der Waals surface area contributed by atoms with Crippen LogP contribution in [-0.4, -0.2) is 64.9 Å². The van der Waals surface area contributed by atoms with Crippen molar-refractivity contribution in [2.75, 3.05) is 32.9 Å². The quantitative estimate of drug-likeness (QED) is 0.493. The molecule has 2 fully saturated rings. The Bertz CT molecular complexity index is 1050. The Kier molecular flexibility index (Phi) is 7.20. The number of carbonyl (C=O) groups is 3. The highest BCUT2D eigenvalue weighted by molar-refractivity contribution is 8.26. The molecule has 0 unspecified atom stereocenters. The molecule has 0 atom stereocenters. The molecule has 0 aliphatic carbocycles. The van der Waals surface area contributed by atoms with Crippen molar-refractivity contribution in [1.29, 1.82) is 0 Å². The molecular formula is C21H19N3O5S3. The molecule has 2 saturated heterocycles. The Labute approximate surface area is 198 Å². The minimum atomic E-state index is -0.388. The number of thiophene rings is 1. The average molecular weight is 490 g/mol. The van der Waals surface area contributed by atoms with Crippen molar-refractivity contribution < 1.29 is 23.9 Å². The zero-order chi connectivity index (χ0) is 22.5. The van der Waals surface area contributed by atoms with Gasteiger partial charge < -0.3 is 14.4 Å². The Morgan fingerprint density at radius 3 is 2.62 bits per heavy atom. The van der Waals surface area contributed by atoms with E-state index < -0.39 is 0 Å². The molecule has 2 aliphatic heterocycles. The van der Waals surface area contributed by atoms with Gasteiger partial charge in [-0.3, -0.25) is 19.8 Å². The van der Waals surface area contributed by atoms with Gasteiger partial charge in [0, 0.05) is 13.1 Å². The molecular weight excluding hydrogens is 470 g/mol. The molecule has 0 spiro atoms. The van der Waals surface area contributed by atoms with Crippen molar-refractivity contribution in [1.82, 2.24) is 15.3 Å². The lowest BCUT2D eigenvalue weighted by Crippen LogP contribution is -2.44. The fourth-order valence-electron chi connectivity index (χ4n) is 2.99. The zero-order valence-electron chi connectivity index (χ0n) is 16.8. The average Bonchev–Trinajstić information content (AvgIpc) is 3.44. The maximum absolute atomic E-state index is 12.7. The standard InChI is InChI=1S/C21H19N3O5S3/c25-18(23-7-9-28-10-8-23)13-29-15-5-3-14(4-6-15)12-17-20(27)24(21(30)32-17)22-19(26)16-2-1-11-31-16/h1-6,11-12H,7-10,13H2,(H,22,26)/b17-12+. The SMILES string of the molecule is O=C(NN1C(=O)/C(=C\c2ccc(OCC(=O)N3CCOCC3)cc2)SC1=S)c1cccs1. The first-order chi connectivity index (χ1) is 15.5. The van der Waals surface area contributed by atoms with Gasteiger partial charge in [-0.1, -0.05) is 30.0 Å². The Balaban J connectivity index is 1.34. The molecule has 32 heavy (non-hydrogen) atoms. The predicted molar refractivity (Wildman–Crippen MR) is 126 cm³/mol. The van der Waals surface area contributed by atoms with Crippen LogP contribution in [0, 0.1) is 0 Å². The maximum atomic E-state index is 12.7. The van der Waals surface area contributed by atoms with Crippen molar-refractivity contribution in [3.8, 4) is 5.75 Å². The van der Waals surface area contributed by atoms with E-state index in [9.17, 15) is 14.4 Å². The third-order valence-corrected chi connectivity index (χ3v) is 6.83. The molecule has 0 saturated carbocycles. The van der Waals surface area contributed by atoms with Crippen molar-refractivity contribution in [3.63, 3.8) is 0 Å². The summed E-state index contributed by atoms with van der Waals surface area (Å²) >= 11 is 7.64. The normalized spacial score (nSPS) is 17.7. The largest absolute Gasteiger partial charge is 0.484 e. The van der Waals surface area contributed by atoms with Crippen LogP contribution in [0.2, 0.25) is 0 Å². The van der Waals surface area contributed by atoms with Crippen molar-refractivity contribution in [2.24, 2.45) is 0 Å². The summed E-state index contributed by atoms with van der Waals surface area (Å²) < 4.78 is 11.1. The van der Waals surface area contributed by atoms with E-state index in [1.165, 1.54) is 11.3 Å². The molecule has 1 aromatic carbocycles. The number of carbonyl (C=O) groups excluding carboxylic acids is 3. The lowest BCUT2D eigenvalue weighted by atomic mass is 10.2. The molecule has 1 aromatic heterocycles. The summed E-state index contributed by atoms with van der Waals surface area (Å²) in [6.07, 6.45) is 1.69. The smallest absolute Gasteiger partial charge is 0.285 e. The number of thiocarbonyl (C=S) groups is 1. The maximum Gasteiger partial charge on any atom is 0.285 e. The van der Waals surface area contributed by atoms with Crippen LogP contribution in [0.5, 0.6) is 5.75 Å². The van der Waals surface area contributed by atoms with Gasteiger partial charge in [0.15, 0.2) is 10.9 Å². The number of nitrogens with one attached hydrogen (secondary N) is 1. The summed E-state index contributed by atoms with van der Waals surface area (Å²) in [5.74, 6) is -0.294. The first-order valence-corrected chi connectivity index (χ1v) is 11.8. The second-order valence-corrected chi connectivity index (χ2v) is 9.41. The molecule has 3 heterocycles. The van der Waals surface area contributed by atoms with E-state index in [4.69, 9.17) is 21.7 Å². The summed E-state index contributed by atoms with van der Waals surface area (Å²) in [5, 5.41) is 2.87. The van der Waals surface area contributed by atoms with E-state index >= 15 is 0 Å². The van der Waals surface area contributed by atoms with E-state index in [1.807, 2.05) is 0 Å². The Morgan fingerprint density at radius 2 is 1.94 bits per heavy atom. The van der Waals surface area contributed by atoms with E-state index in [0.717, 1.165) is 22.3 Å². The van der Waals surface area contributed by atoms with E-state index in [1.54, 1.807) is 52.8 Å². The minimum Gasteiger partial charge on any atom is -0.484 e. The summed E-state index contributed by atoms with van der Waals surface area (Å²) in [6.45, 7) is 2.21. The predicted octanol–water partition coefficient (Wildman–Crippen LogP) is 2.53. The second-order valence-electron chi connectivity index (χ2n) is 6.79. The topological polar surface area (TPSA) is 88.2 Å². The number of rotatable bonds is 6. The van der Waals surface area contributed by atoms with Crippen molar-refractivity contribution in [3.05, 3.63) is 57.1 Å². The minimum absolute atomic E-state index is 0.0397. The monoisotopic (exact) mass is 489 g/mol. The van der Waals surface area contributed by atoms with Crippen LogP contribution in [0.25, 0.3) is 6.08 Å². The molecule has 8 nitrogen and oxygen atoms in total. The van der Waals surface area contributed by atoms with Gasteiger partial charge in [0.1, 0.15) is 5.75 Å². The van der Waals surface area contributed by atoms with Crippen molar-refractivity contribution >= 4 is 63.4 Å².